The van der Waals surface area contributed by atoms with E-state index < -0.39 is 5.72 Å². The number of aryl methyl sites for hydroxylation is 1. The van der Waals surface area contributed by atoms with E-state index in [1.807, 2.05) is 30.5 Å². The van der Waals surface area contributed by atoms with Crippen LogP contribution in [0.3, 0.4) is 0 Å². The highest BCUT2D eigenvalue weighted by atomic mass is 32.1. The topological polar surface area (TPSA) is 80.3 Å². The standard InChI is InChI=1S/C20H21N3O3S/c1-11-10-27-19(21-11)22-17(24)15-8-13-7-6-12(15)9-20(13)23-18(25)14-4-2-3-5-16(14)26-20/h2-5,10,12-13,15H,6-9H2,1H3,(H,23,25)(H,21,22,24)/t12-,13+,15-,20+/m1/s1. The molecule has 7 heteroatoms. The number of carbonyl (C=O) groups is 2. The van der Waals surface area contributed by atoms with E-state index >= 15 is 0 Å². The lowest BCUT2D eigenvalue weighted by Gasteiger charge is -2.55. The van der Waals surface area contributed by atoms with E-state index in [0.29, 0.717) is 22.9 Å². The molecule has 4 atom stereocenters. The summed E-state index contributed by atoms with van der Waals surface area (Å²) in [5, 5.41) is 8.69. The molecule has 1 spiro atoms. The second-order valence-corrected chi connectivity index (χ2v) is 8.66. The van der Waals surface area contributed by atoms with Gasteiger partial charge in [-0.3, -0.25) is 9.59 Å². The van der Waals surface area contributed by atoms with Crippen LogP contribution in [-0.4, -0.2) is 22.5 Å². The molecule has 3 fully saturated rings. The predicted octanol–water partition coefficient (Wildman–Crippen LogP) is 3.34. The fraction of sp³-hybridized carbons (Fsp3) is 0.450. The van der Waals surface area contributed by atoms with Gasteiger partial charge in [-0.1, -0.05) is 12.1 Å². The summed E-state index contributed by atoms with van der Waals surface area (Å²) in [5.41, 5.74) is 0.817. The Morgan fingerprint density at radius 3 is 2.96 bits per heavy atom. The average molecular weight is 383 g/mol. The Kier molecular flexibility index (Phi) is 3.75. The molecule has 0 radical (unpaired) electrons. The number of benzene rings is 1. The molecule has 2 amide bonds. The number of fused-ring (bicyclic) bond motifs is 3. The van der Waals surface area contributed by atoms with Crippen LogP contribution in [0.1, 0.15) is 41.7 Å². The first-order chi connectivity index (χ1) is 13.0. The summed E-state index contributed by atoms with van der Waals surface area (Å²) < 4.78 is 6.34. The van der Waals surface area contributed by atoms with Crippen molar-refractivity contribution in [3.05, 3.63) is 40.9 Å². The van der Waals surface area contributed by atoms with Crippen molar-refractivity contribution in [1.29, 1.82) is 0 Å². The molecule has 27 heavy (non-hydrogen) atoms. The molecule has 1 aromatic heterocycles. The Bertz CT molecular complexity index is 927. The summed E-state index contributed by atoms with van der Waals surface area (Å²) in [4.78, 5) is 29.8. The highest BCUT2D eigenvalue weighted by molar-refractivity contribution is 7.13. The lowest BCUT2D eigenvalue weighted by Crippen LogP contribution is -2.66. The maximum atomic E-state index is 12.8. The number of anilines is 1. The van der Waals surface area contributed by atoms with Gasteiger partial charge in [-0.2, -0.15) is 0 Å². The molecule has 0 saturated heterocycles. The fourth-order valence-electron chi connectivity index (χ4n) is 4.89. The van der Waals surface area contributed by atoms with E-state index in [9.17, 15) is 9.59 Å². The molecule has 1 aromatic carbocycles. The van der Waals surface area contributed by atoms with Crippen molar-refractivity contribution >= 4 is 28.3 Å². The van der Waals surface area contributed by atoms with Crippen LogP contribution in [0.15, 0.2) is 29.6 Å². The molecular formula is C20H21N3O3S. The zero-order valence-electron chi connectivity index (χ0n) is 15.0. The van der Waals surface area contributed by atoms with E-state index in [-0.39, 0.29) is 29.6 Å². The number of carbonyl (C=O) groups excluding carboxylic acids is 2. The van der Waals surface area contributed by atoms with Crippen molar-refractivity contribution in [1.82, 2.24) is 10.3 Å². The lowest BCUT2D eigenvalue weighted by atomic mass is 9.60. The van der Waals surface area contributed by atoms with Crippen molar-refractivity contribution in [2.45, 2.75) is 38.3 Å². The number of nitrogens with one attached hydrogen (secondary N) is 2. The number of para-hydroxylation sites is 1. The Morgan fingerprint density at radius 2 is 2.22 bits per heavy atom. The highest BCUT2D eigenvalue weighted by Crippen LogP contribution is 2.52. The van der Waals surface area contributed by atoms with Crippen LogP contribution >= 0.6 is 11.3 Å². The maximum absolute atomic E-state index is 12.8. The molecule has 0 unspecified atom stereocenters. The third-order valence-corrected chi connectivity index (χ3v) is 7.03. The van der Waals surface area contributed by atoms with Gasteiger partial charge < -0.3 is 15.4 Å². The smallest absolute Gasteiger partial charge is 0.258 e. The van der Waals surface area contributed by atoms with Crippen LogP contribution < -0.4 is 15.4 Å². The number of nitrogens with zero attached hydrogens (tertiary/aromatic N) is 1. The van der Waals surface area contributed by atoms with Crippen molar-refractivity contribution in [2.75, 3.05) is 5.32 Å². The second-order valence-electron chi connectivity index (χ2n) is 7.81. The number of ether oxygens (including phenoxy) is 1. The normalized spacial score (nSPS) is 31.1. The molecular weight excluding hydrogens is 362 g/mol. The third kappa shape index (κ3) is 2.72. The minimum Gasteiger partial charge on any atom is -0.467 e. The minimum atomic E-state index is -0.678. The van der Waals surface area contributed by atoms with Gasteiger partial charge in [-0.15, -0.1) is 11.3 Å². The van der Waals surface area contributed by atoms with Crippen molar-refractivity contribution in [2.24, 2.45) is 17.8 Å². The number of rotatable bonds is 2. The summed E-state index contributed by atoms with van der Waals surface area (Å²) in [5.74, 6) is 0.875. The van der Waals surface area contributed by atoms with Crippen LogP contribution in [0.4, 0.5) is 5.13 Å². The molecule has 6 rings (SSSR count). The molecule has 3 saturated carbocycles. The number of amides is 2. The van der Waals surface area contributed by atoms with Gasteiger partial charge in [0.25, 0.3) is 5.91 Å². The Balaban J connectivity index is 1.36. The summed E-state index contributed by atoms with van der Waals surface area (Å²) in [6.45, 7) is 1.92. The minimum absolute atomic E-state index is 0.0384. The number of aromatic nitrogens is 1. The van der Waals surface area contributed by atoms with E-state index in [0.717, 1.165) is 25.0 Å². The molecule has 6 nitrogen and oxygen atoms in total. The zero-order chi connectivity index (χ0) is 18.6. The number of hydrogen-bond donors (Lipinski definition) is 2. The summed E-state index contributed by atoms with van der Waals surface area (Å²) in [7, 11) is 0. The molecule has 2 aromatic rings. The van der Waals surface area contributed by atoms with E-state index in [1.165, 1.54) is 11.3 Å². The Hall–Kier alpha value is -2.41. The maximum Gasteiger partial charge on any atom is 0.258 e. The second kappa shape index (κ2) is 6.05. The molecule has 3 aliphatic carbocycles. The van der Waals surface area contributed by atoms with Gasteiger partial charge in [0.2, 0.25) is 5.91 Å². The van der Waals surface area contributed by atoms with E-state index in [2.05, 4.69) is 15.6 Å². The van der Waals surface area contributed by atoms with Gasteiger partial charge in [0.05, 0.1) is 11.3 Å². The van der Waals surface area contributed by atoms with Crippen LogP contribution in [0.25, 0.3) is 0 Å². The van der Waals surface area contributed by atoms with E-state index in [4.69, 9.17) is 4.74 Å². The first kappa shape index (κ1) is 16.7. The Labute approximate surface area is 161 Å². The van der Waals surface area contributed by atoms with Gasteiger partial charge in [0.1, 0.15) is 5.75 Å². The molecule has 2 bridgehead atoms. The lowest BCUT2D eigenvalue weighted by molar-refractivity contribution is -0.142. The fourth-order valence-corrected chi connectivity index (χ4v) is 5.58. The molecule has 1 aliphatic heterocycles. The molecule has 2 N–H and O–H groups in total. The van der Waals surface area contributed by atoms with Crippen LogP contribution in [0, 0.1) is 24.7 Å². The Morgan fingerprint density at radius 1 is 1.37 bits per heavy atom. The zero-order valence-corrected chi connectivity index (χ0v) is 15.8. The first-order valence-electron chi connectivity index (χ1n) is 9.38. The summed E-state index contributed by atoms with van der Waals surface area (Å²) in [6, 6.07) is 7.37. The van der Waals surface area contributed by atoms with Crippen LogP contribution in [0.5, 0.6) is 5.75 Å². The average Bonchev–Trinajstić information content (AvgIpc) is 3.06. The summed E-state index contributed by atoms with van der Waals surface area (Å²) >= 11 is 1.45. The van der Waals surface area contributed by atoms with Crippen molar-refractivity contribution in [3.63, 3.8) is 0 Å². The third-order valence-electron chi connectivity index (χ3n) is 6.15. The van der Waals surface area contributed by atoms with Crippen molar-refractivity contribution < 1.29 is 14.3 Å². The van der Waals surface area contributed by atoms with Crippen LogP contribution in [0.2, 0.25) is 0 Å². The van der Waals surface area contributed by atoms with E-state index in [1.54, 1.807) is 6.07 Å². The SMILES string of the molecule is Cc1csc(NC(=O)[C@@H]2C[C@@H]3CC[C@@H]2C[C@@]32NC(=O)c3ccccc3O2)n1. The van der Waals surface area contributed by atoms with Gasteiger partial charge in [0, 0.05) is 23.6 Å². The molecule has 4 aliphatic rings. The number of thiazole rings is 1. The summed E-state index contributed by atoms with van der Waals surface area (Å²) in [6.07, 6.45) is 3.35. The predicted molar refractivity (Wildman–Crippen MR) is 102 cm³/mol. The van der Waals surface area contributed by atoms with Gasteiger partial charge in [-0.25, -0.2) is 4.98 Å². The molecule has 2 heterocycles. The van der Waals surface area contributed by atoms with Gasteiger partial charge in [-0.05, 0) is 44.2 Å². The van der Waals surface area contributed by atoms with Gasteiger partial charge in [0.15, 0.2) is 10.9 Å². The van der Waals surface area contributed by atoms with Crippen molar-refractivity contribution in [3.8, 4) is 5.75 Å². The molecule has 140 valence electrons. The van der Waals surface area contributed by atoms with Crippen LogP contribution in [-0.2, 0) is 4.79 Å². The number of hydrogen-bond acceptors (Lipinski definition) is 5. The quantitative estimate of drug-likeness (QED) is 0.833. The highest BCUT2D eigenvalue weighted by Gasteiger charge is 2.57. The van der Waals surface area contributed by atoms with Gasteiger partial charge >= 0.3 is 0 Å². The first-order valence-corrected chi connectivity index (χ1v) is 10.3. The monoisotopic (exact) mass is 383 g/mol. The largest absolute Gasteiger partial charge is 0.467 e.